The highest BCUT2D eigenvalue weighted by Crippen LogP contribution is 2.18. The first-order chi connectivity index (χ1) is 13.1. The zero-order valence-electron chi connectivity index (χ0n) is 20.5. The molecule has 23 heavy (non-hydrogen) atoms. The lowest BCUT2D eigenvalue weighted by atomic mass is 9.96. The first-order valence-electron chi connectivity index (χ1n) is 12.3. The zero-order valence-corrected chi connectivity index (χ0v) is 15.5. The second-order valence-corrected chi connectivity index (χ2v) is 6.90. The number of rotatable bonds is 17. The van der Waals surface area contributed by atoms with Crippen molar-refractivity contribution in [1.29, 1.82) is 0 Å². The molecule has 0 aliphatic heterocycles. The number of carbonyl (C=O) groups excluding carboxylic acids is 1. The van der Waals surface area contributed by atoms with Gasteiger partial charge in [0.25, 0.3) is 0 Å². The Bertz CT molecular complexity index is 397. The molecule has 2 heteroatoms. The van der Waals surface area contributed by atoms with Crippen molar-refractivity contribution < 1.29 is 16.4 Å². The molecule has 0 aliphatic rings. The lowest BCUT2D eigenvalue weighted by molar-refractivity contribution is -0.143. The van der Waals surface area contributed by atoms with E-state index in [1.807, 2.05) is 0 Å². The van der Waals surface area contributed by atoms with Gasteiger partial charge in [-0.15, -0.1) is 0 Å². The van der Waals surface area contributed by atoms with E-state index in [1.165, 1.54) is 64.2 Å². The molecule has 0 N–H and O–H groups in total. The van der Waals surface area contributed by atoms with Gasteiger partial charge < -0.3 is 4.74 Å². The van der Waals surface area contributed by atoms with Crippen LogP contribution in [0.3, 0.4) is 0 Å². The second kappa shape index (κ2) is 17.8. The molecule has 0 saturated carbocycles. The second-order valence-electron chi connectivity index (χ2n) is 6.90. The summed E-state index contributed by atoms with van der Waals surface area (Å²) in [6, 6.07) is 0. The third kappa shape index (κ3) is 17.7. The molecule has 0 aromatic rings. The van der Waals surface area contributed by atoms with E-state index in [-0.39, 0.29) is 6.42 Å². The highest BCUT2D eigenvalue weighted by Gasteiger charge is 2.03. The largest absolute Gasteiger partial charge is 0.466 e. The molecule has 2 nitrogen and oxygen atoms in total. The number of ether oxygens (including phenoxy) is 1. The van der Waals surface area contributed by atoms with Gasteiger partial charge in [-0.25, -0.2) is 0 Å². The van der Waals surface area contributed by atoms with Crippen LogP contribution in [0.1, 0.15) is 124 Å². The fourth-order valence-electron chi connectivity index (χ4n) is 2.99. The maximum atomic E-state index is 11.6. The summed E-state index contributed by atoms with van der Waals surface area (Å²) in [6.45, 7) is -1.25. The molecule has 0 aromatic carbocycles. The average Bonchev–Trinajstić information content (AvgIpc) is 2.58. The molecule has 0 aromatic heterocycles. The van der Waals surface area contributed by atoms with Crippen LogP contribution in [0, 0.1) is 5.92 Å². The Morgan fingerprint density at radius 1 is 0.913 bits per heavy atom. The van der Waals surface area contributed by atoms with Crippen LogP contribution >= 0.6 is 0 Å². The van der Waals surface area contributed by atoms with Crippen molar-refractivity contribution in [2.45, 2.75) is 117 Å². The van der Waals surface area contributed by atoms with Crippen LogP contribution in [0.15, 0.2) is 0 Å². The molecule has 0 fully saturated rings. The predicted molar refractivity (Wildman–Crippen MR) is 101 cm³/mol. The quantitative estimate of drug-likeness (QED) is 0.211. The van der Waals surface area contributed by atoms with Gasteiger partial charge in [0.15, 0.2) is 0 Å². The summed E-state index contributed by atoms with van der Waals surface area (Å²) in [7, 11) is 0. The van der Waals surface area contributed by atoms with E-state index in [4.69, 9.17) is 6.85 Å². The highest BCUT2D eigenvalue weighted by atomic mass is 16.5. The number of carbonyl (C=O) groups is 1. The molecular weight excluding hydrogens is 284 g/mol. The van der Waals surface area contributed by atoms with Crippen LogP contribution in [-0.4, -0.2) is 12.5 Å². The Morgan fingerprint density at radius 3 is 2.00 bits per heavy atom. The maximum absolute atomic E-state index is 11.6. The van der Waals surface area contributed by atoms with E-state index >= 15 is 0 Å². The number of esters is 1. The molecule has 0 spiro atoms. The molecule has 0 radical (unpaired) electrons. The Labute approximate surface area is 152 Å². The lowest BCUT2D eigenvalue weighted by Crippen LogP contribution is -2.03. The highest BCUT2D eigenvalue weighted by molar-refractivity contribution is 5.69. The van der Waals surface area contributed by atoms with Crippen LogP contribution < -0.4 is 0 Å². The van der Waals surface area contributed by atoms with Gasteiger partial charge in [-0.2, -0.15) is 0 Å². The number of unbranched alkanes of at least 4 members (excludes halogenated alkanes) is 10. The van der Waals surface area contributed by atoms with Gasteiger partial charge in [-0.1, -0.05) is 97.3 Å². The van der Waals surface area contributed by atoms with Gasteiger partial charge in [0.2, 0.25) is 0 Å². The molecule has 1 unspecified atom stereocenters. The van der Waals surface area contributed by atoms with Crippen molar-refractivity contribution in [3.05, 3.63) is 0 Å². The topological polar surface area (TPSA) is 26.3 Å². The van der Waals surface area contributed by atoms with E-state index in [9.17, 15) is 4.79 Å². The van der Waals surface area contributed by atoms with Crippen molar-refractivity contribution in [3.63, 3.8) is 0 Å². The molecular formula is C21H42O2. The minimum absolute atomic E-state index is 0.0743. The van der Waals surface area contributed by atoms with Crippen LogP contribution in [0.5, 0.6) is 0 Å². The zero-order chi connectivity index (χ0) is 21.5. The first-order valence-corrected chi connectivity index (χ1v) is 9.82. The van der Waals surface area contributed by atoms with Crippen LogP contribution in [0.25, 0.3) is 0 Å². The summed E-state index contributed by atoms with van der Waals surface area (Å²) in [5.41, 5.74) is 0. The molecule has 0 amide bonds. The smallest absolute Gasteiger partial charge is 0.305 e. The van der Waals surface area contributed by atoms with Gasteiger partial charge >= 0.3 is 5.97 Å². The molecule has 0 heterocycles. The molecule has 0 bridgehead atoms. The van der Waals surface area contributed by atoms with Crippen molar-refractivity contribution >= 4 is 5.97 Å². The van der Waals surface area contributed by atoms with E-state index in [0.717, 1.165) is 25.2 Å². The average molecular weight is 332 g/mol. The normalized spacial score (nSPS) is 16.7. The van der Waals surface area contributed by atoms with E-state index in [2.05, 4.69) is 18.6 Å². The van der Waals surface area contributed by atoms with Gasteiger partial charge in [0, 0.05) is 10.5 Å². The summed E-state index contributed by atoms with van der Waals surface area (Å²) in [4.78, 5) is 11.6. The first kappa shape index (κ1) is 14.8. The molecule has 0 rings (SSSR count). The summed E-state index contributed by atoms with van der Waals surface area (Å²) in [5, 5.41) is 0. The van der Waals surface area contributed by atoms with Crippen molar-refractivity contribution in [3.8, 4) is 0 Å². The lowest BCUT2D eigenvalue weighted by Gasteiger charge is -2.11. The summed E-state index contributed by atoms with van der Waals surface area (Å²) < 4.78 is 40.1. The monoisotopic (exact) mass is 331 g/mol. The Hall–Kier alpha value is -0.530. The van der Waals surface area contributed by atoms with Gasteiger partial charge in [-0.3, -0.25) is 4.79 Å². The summed E-state index contributed by atoms with van der Waals surface area (Å²) >= 11 is 0. The number of hydrogen-bond acceptors (Lipinski definition) is 2. The Balaban J connectivity index is 3.51. The SMILES string of the molecule is [2H]C([2H])([2H])C([2H])([2H])OC(=O)CCCCCCCCC(C)CCCCCCCC. The van der Waals surface area contributed by atoms with Crippen molar-refractivity contribution in [2.24, 2.45) is 5.92 Å². The minimum Gasteiger partial charge on any atom is -0.466 e. The summed E-state index contributed by atoms with van der Waals surface area (Å²) in [5.74, 6) is 0.0406. The Kier molecular flexibility index (Phi) is 11.5. The van der Waals surface area contributed by atoms with Gasteiger partial charge in [-0.05, 0) is 19.2 Å². The van der Waals surface area contributed by atoms with Crippen molar-refractivity contribution in [2.75, 3.05) is 6.56 Å². The third-order valence-corrected chi connectivity index (χ3v) is 4.54. The number of hydrogen-bond donors (Lipinski definition) is 0. The molecule has 1 atom stereocenters. The van der Waals surface area contributed by atoms with Gasteiger partial charge in [0.1, 0.15) is 0 Å². The van der Waals surface area contributed by atoms with E-state index < -0.39 is 19.4 Å². The molecule has 138 valence electrons. The standard InChI is InChI=1S/C21H42O2/c1-4-6-7-8-11-14-17-20(3)18-15-12-9-10-13-16-19-21(22)23-5-2/h20H,4-19H2,1-3H3/i2D3,5D2. The van der Waals surface area contributed by atoms with Crippen LogP contribution in [0.2, 0.25) is 0 Å². The van der Waals surface area contributed by atoms with E-state index in [0.29, 0.717) is 6.42 Å². The maximum Gasteiger partial charge on any atom is 0.305 e. The van der Waals surface area contributed by atoms with Crippen molar-refractivity contribution in [1.82, 2.24) is 0 Å². The fraction of sp³-hybridized carbons (Fsp3) is 0.952. The summed E-state index contributed by atoms with van der Waals surface area (Å²) in [6.07, 6.45) is 17.1. The Morgan fingerprint density at radius 2 is 1.43 bits per heavy atom. The van der Waals surface area contributed by atoms with E-state index in [1.54, 1.807) is 0 Å². The van der Waals surface area contributed by atoms with Gasteiger partial charge in [0.05, 0.1) is 9.30 Å². The predicted octanol–water partition coefficient (Wildman–Crippen LogP) is 7.06. The fourth-order valence-corrected chi connectivity index (χ4v) is 2.99. The molecule has 0 saturated heterocycles. The van der Waals surface area contributed by atoms with Crippen LogP contribution in [-0.2, 0) is 9.53 Å². The minimum atomic E-state index is -2.95. The molecule has 0 aliphatic carbocycles. The van der Waals surface area contributed by atoms with Crippen LogP contribution in [0.4, 0.5) is 0 Å². The third-order valence-electron chi connectivity index (χ3n) is 4.54.